The van der Waals surface area contributed by atoms with Crippen LogP contribution in [0.15, 0.2) is 59.5 Å². The summed E-state index contributed by atoms with van der Waals surface area (Å²) in [4.78, 5) is 26.5. The molecule has 1 aliphatic rings. The fourth-order valence-corrected chi connectivity index (χ4v) is 4.77. The molecule has 0 saturated carbocycles. The van der Waals surface area contributed by atoms with Crippen LogP contribution in [0.4, 0.5) is 29.3 Å². The zero-order valence-electron chi connectivity index (χ0n) is 18.3. The maximum Gasteiger partial charge on any atom is 0.319 e. The molecule has 0 spiro atoms. The van der Waals surface area contributed by atoms with E-state index in [2.05, 4.69) is 10.6 Å². The van der Waals surface area contributed by atoms with Gasteiger partial charge in [-0.05, 0) is 60.1 Å². The lowest BCUT2D eigenvalue weighted by Gasteiger charge is -2.20. The minimum absolute atomic E-state index is 0.0321. The number of rotatable bonds is 5. The lowest BCUT2D eigenvalue weighted by molar-refractivity contribution is -0.118. The lowest BCUT2D eigenvalue weighted by atomic mass is 10.0. The van der Waals surface area contributed by atoms with E-state index in [9.17, 15) is 18.5 Å². The molecular weight excluding hydrogens is 503 g/mol. The highest BCUT2D eigenvalue weighted by Crippen LogP contribution is 2.35. The van der Waals surface area contributed by atoms with Crippen LogP contribution < -0.4 is 15.5 Å². The molecule has 3 aromatic carbocycles. The van der Waals surface area contributed by atoms with Crippen molar-refractivity contribution in [1.29, 1.82) is 0 Å². The average Bonchev–Trinajstić information content (AvgIpc) is 3.17. The second kappa shape index (κ2) is 10.2. The van der Waals surface area contributed by atoms with Crippen molar-refractivity contribution < 1.29 is 27.3 Å². The third-order valence-corrected chi connectivity index (χ3v) is 6.74. The van der Waals surface area contributed by atoms with Crippen LogP contribution in [0.25, 0.3) is 11.1 Å². The third kappa shape index (κ3) is 5.09. The molecule has 35 heavy (non-hydrogen) atoms. The molecule has 0 radical (unpaired) electrons. The Morgan fingerprint density at radius 2 is 1.83 bits per heavy atom. The number of hydrogen-bond donors (Lipinski definition) is 2. The summed E-state index contributed by atoms with van der Waals surface area (Å²) in [6, 6.07) is 10.8. The predicted octanol–water partition coefficient (Wildman–Crippen LogP) is 5.09. The smallest absolute Gasteiger partial charge is 0.319 e. The highest BCUT2D eigenvalue weighted by Gasteiger charge is 2.36. The van der Waals surface area contributed by atoms with E-state index >= 15 is 8.78 Å². The highest BCUT2D eigenvalue weighted by molar-refractivity contribution is 7.90. The molecule has 0 aromatic heterocycles. The van der Waals surface area contributed by atoms with Crippen LogP contribution in [0, 0.1) is 17.5 Å². The second-order valence-corrected chi connectivity index (χ2v) is 9.55. The summed E-state index contributed by atoms with van der Waals surface area (Å²) in [5.74, 6) is -3.81. The Bertz CT molecular complexity index is 1310. The van der Waals surface area contributed by atoms with Crippen LogP contribution in [0.1, 0.15) is 6.42 Å². The Hall–Kier alpha value is -3.21. The highest BCUT2D eigenvalue weighted by atomic mass is 35.5. The Balaban J connectivity index is 1.51. The third-order valence-electron chi connectivity index (χ3n) is 5.53. The van der Waals surface area contributed by atoms with Crippen molar-refractivity contribution in [3.05, 3.63) is 77.1 Å². The molecular formula is C24H19ClF3N3O3S. The van der Waals surface area contributed by atoms with Gasteiger partial charge in [0, 0.05) is 22.7 Å². The molecule has 1 unspecified atom stereocenters. The molecule has 6 nitrogen and oxygen atoms in total. The summed E-state index contributed by atoms with van der Waals surface area (Å²) < 4.78 is 56.0. The van der Waals surface area contributed by atoms with Crippen LogP contribution in [0.3, 0.4) is 0 Å². The largest absolute Gasteiger partial charge is 0.612 e. The van der Waals surface area contributed by atoms with E-state index in [-0.39, 0.29) is 40.5 Å². The SMILES string of the molecule is C[S+]([O-])c1ccccc1-c1ccc(N2CC[C@@H](NC(=O)Nc3ccc(Cl)cc3F)C2=O)c(F)c1F. The molecule has 0 bridgehead atoms. The number of hydrogen-bond acceptors (Lipinski definition) is 3. The van der Waals surface area contributed by atoms with Gasteiger partial charge < -0.3 is 20.1 Å². The first-order valence-electron chi connectivity index (χ1n) is 10.4. The summed E-state index contributed by atoms with van der Waals surface area (Å²) in [5, 5.41) is 4.86. The van der Waals surface area contributed by atoms with Gasteiger partial charge in [-0.25, -0.2) is 18.0 Å². The van der Waals surface area contributed by atoms with Crippen molar-refractivity contribution in [2.24, 2.45) is 0 Å². The van der Waals surface area contributed by atoms with Crippen molar-refractivity contribution in [2.75, 3.05) is 23.0 Å². The molecule has 2 atom stereocenters. The fraction of sp³-hybridized carbons (Fsp3) is 0.167. The Morgan fingerprint density at radius 1 is 1.09 bits per heavy atom. The number of benzene rings is 3. The van der Waals surface area contributed by atoms with Crippen LogP contribution in [-0.2, 0) is 16.0 Å². The van der Waals surface area contributed by atoms with Gasteiger partial charge in [-0.3, -0.25) is 4.79 Å². The zero-order chi connectivity index (χ0) is 25.3. The number of anilines is 2. The van der Waals surface area contributed by atoms with Gasteiger partial charge in [0.15, 0.2) is 16.5 Å². The molecule has 1 saturated heterocycles. The van der Waals surface area contributed by atoms with Crippen LogP contribution in [-0.4, -0.2) is 35.3 Å². The summed E-state index contributed by atoms with van der Waals surface area (Å²) in [7, 11) is 0. The van der Waals surface area contributed by atoms with Gasteiger partial charge in [-0.1, -0.05) is 23.7 Å². The molecule has 1 heterocycles. The van der Waals surface area contributed by atoms with Gasteiger partial charge in [0.1, 0.15) is 18.1 Å². The van der Waals surface area contributed by atoms with E-state index in [1.54, 1.807) is 18.2 Å². The molecule has 3 amide bonds. The van der Waals surface area contributed by atoms with Gasteiger partial charge in [0.25, 0.3) is 0 Å². The number of nitrogens with zero attached hydrogens (tertiary/aromatic N) is 1. The average molecular weight is 522 g/mol. The first-order valence-corrected chi connectivity index (χ1v) is 12.4. The topological polar surface area (TPSA) is 84.5 Å². The monoisotopic (exact) mass is 521 g/mol. The van der Waals surface area contributed by atoms with Gasteiger partial charge in [-0.15, -0.1) is 0 Å². The molecule has 2 N–H and O–H groups in total. The molecule has 1 fully saturated rings. The normalized spacial score (nSPS) is 16.3. The van der Waals surface area contributed by atoms with E-state index < -0.39 is 46.6 Å². The summed E-state index contributed by atoms with van der Waals surface area (Å²) >= 11 is 4.26. The summed E-state index contributed by atoms with van der Waals surface area (Å²) in [6.45, 7) is 0.0321. The maximum atomic E-state index is 15.1. The van der Waals surface area contributed by atoms with Crippen molar-refractivity contribution in [3.8, 4) is 11.1 Å². The molecule has 182 valence electrons. The number of nitrogens with one attached hydrogen (secondary N) is 2. The minimum atomic E-state index is -1.43. The second-order valence-electron chi connectivity index (χ2n) is 7.76. The summed E-state index contributed by atoms with van der Waals surface area (Å²) in [5.41, 5.74) is -0.205. The van der Waals surface area contributed by atoms with Crippen molar-refractivity contribution in [1.82, 2.24) is 5.32 Å². The van der Waals surface area contributed by atoms with E-state index in [1.807, 2.05) is 0 Å². The Labute approximate surface area is 207 Å². The number of carbonyl (C=O) groups excluding carboxylic acids is 2. The van der Waals surface area contributed by atoms with E-state index in [0.717, 1.165) is 11.0 Å². The number of halogens is 4. The molecule has 11 heteroatoms. The number of carbonyl (C=O) groups is 2. The number of amides is 3. The van der Waals surface area contributed by atoms with Crippen molar-refractivity contribution in [2.45, 2.75) is 17.4 Å². The van der Waals surface area contributed by atoms with Gasteiger partial charge in [0.2, 0.25) is 5.91 Å². The first-order chi connectivity index (χ1) is 16.7. The quantitative estimate of drug-likeness (QED) is 0.459. The van der Waals surface area contributed by atoms with E-state index in [0.29, 0.717) is 4.90 Å². The van der Waals surface area contributed by atoms with Gasteiger partial charge in [-0.2, -0.15) is 0 Å². The van der Waals surface area contributed by atoms with Crippen molar-refractivity contribution in [3.63, 3.8) is 0 Å². The Kier molecular flexibility index (Phi) is 7.25. The summed E-state index contributed by atoms with van der Waals surface area (Å²) in [6.07, 6.45) is 1.57. The minimum Gasteiger partial charge on any atom is -0.612 e. The molecule has 1 aliphatic heterocycles. The number of urea groups is 1. The van der Waals surface area contributed by atoms with Gasteiger partial charge in [0.05, 0.1) is 11.4 Å². The standard InChI is InChI=1S/C24H19ClF3N3O3S/c1-35(34)20-5-3-2-4-14(20)15-7-9-19(22(28)21(15)27)31-11-10-18(23(31)32)30-24(33)29-17-8-6-13(25)12-16(17)26/h2-9,12,18H,10-11H2,1H3,(H2,29,30,33)/t18-,35?/m1/s1. The van der Waals surface area contributed by atoms with Crippen LogP contribution in [0.5, 0.6) is 0 Å². The first kappa shape index (κ1) is 24.9. The van der Waals surface area contributed by atoms with Crippen molar-refractivity contribution >= 4 is 46.1 Å². The zero-order valence-corrected chi connectivity index (χ0v) is 19.9. The van der Waals surface area contributed by atoms with E-state index in [4.69, 9.17) is 11.6 Å². The van der Waals surface area contributed by atoms with E-state index in [1.165, 1.54) is 36.6 Å². The molecule has 3 aromatic rings. The predicted molar refractivity (Wildman–Crippen MR) is 128 cm³/mol. The fourth-order valence-electron chi connectivity index (χ4n) is 3.86. The molecule has 4 rings (SSSR count). The van der Waals surface area contributed by atoms with Crippen LogP contribution in [0.2, 0.25) is 5.02 Å². The lowest BCUT2D eigenvalue weighted by Crippen LogP contribution is -2.43. The van der Waals surface area contributed by atoms with Crippen LogP contribution >= 0.6 is 11.6 Å². The van der Waals surface area contributed by atoms with Gasteiger partial charge >= 0.3 is 6.03 Å². The molecule has 0 aliphatic carbocycles. The maximum absolute atomic E-state index is 15.1. The Morgan fingerprint density at radius 3 is 2.54 bits per heavy atom.